The molecule has 2 rings (SSSR count). The summed E-state index contributed by atoms with van der Waals surface area (Å²) in [5.74, 6) is 0.0505. The molecule has 21 heavy (non-hydrogen) atoms. The number of hydrogen-bond donors (Lipinski definition) is 1. The second-order valence-electron chi connectivity index (χ2n) is 5.43. The lowest BCUT2D eigenvalue weighted by Gasteiger charge is -2.34. The van der Waals surface area contributed by atoms with Gasteiger partial charge in [-0.15, -0.1) is 0 Å². The van der Waals surface area contributed by atoms with E-state index in [0.29, 0.717) is 12.2 Å². The molecular weight excluding hydrogens is 269 g/mol. The standard InChI is InChI=1S/C16H24FN3O/c1-3-19(4-2)16(21)13-18-9-11-20(12-10-18)15-8-6-5-7-14(15)17/h5-8H,3-4,9-13H2,1-2H3/p+1. The summed E-state index contributed by atoms with van der Waals surface area (Å²) in [6.45, 7) is 9.44. The van der Waals surface area contributed by atoms with Crippen LogP contribution in [0.4, 0.5) is 10.1 Å². The predicted octanol–water partition coefficient (Wildman–Crippen LogP) is 0.399. The number of hydrogen-bond acceptors (Lipinski definition) is 2. The van der Waals surface area contributed by atoms with Gasteiger partial charge in [0.2, 0.25) is 0 Å². The normalized spacial score (nSPS) is 16.0. The molecule has 1 aromatic carbocycles. The number of amides is 1. The maximum Gasteiger partial charge on any atom is 0.277 e. The fraction of sp³-hybridized carbons (Fsp3) is 0.562. The van der Waals surface area contributed by atoms with E-state index in [1.807, 2.05) is 30.9 Å². The third-order valence-corrected chi connectivity index (χ3v) is 4.18. The molecule has 0 bridgehead atoms. The SMILES string of the molecule is CCN(CC)C(=O)C[NH+]1CCN(c2ccccc2F)CC1. The Kier molecular flexibility index (Phi) is 5.56. The van der Waals surface area contributed by atoms with E-state index < -0.39 is 0 Å². The van der Waals surface area contributed by atoms with Crippen molar-refractivity contribution >= 4 is 11.6 Å². The maximum atomic E-state index is 13.8. The molecule has 1 heterocycles. The van der Waals surface area contributed by atoms with E-state index >= 15 is 0 Å². The molecule has 1 N–H and O–H groups in total. The zero-order valence-corrected chi connectivity index (χ0v) is 12.9. The van der Waals surface area contributed by atoms with Gasteiger partial charge in [0.1, 0.15) is 5.82 Å². The van der Waals surface area contributed by atoms with Crippen LogP contribution in [0.25, 0.3) is 0 Å². The number of carbonyl (C=O) groups excluding carboxylic acids is 1. The molecule has 1 amide bonds. The van der Waals surface area contributed by atoms with Gasteiger partial charge in [-0.25, -0.2) is 4.39 Å². The van der Waals surface area contributed by atoms with Crippen LogP contribution in [0.1, 0.15) is 13.8 Å². The minimum absolute atomic E-state index is 0.167. The third kappa shape index (κ3) is 3.94. The monoisotopic (exact) mass is 294 g/mol. The predicted molar refractivity (Wildman–Crippen MR) is 82.1 cm³/mol. The molecule has 4 nitrogen and oxygen atoms in total. The Bertz CT molecular complexity index is 468. The number of para-hydroxylation sites is 1. The molecule has 1 aliphatic heterocycles. The minimum Gasteiger partial charge on any atom is -0.358 e. The van der Waals surface area contributed by atoms with Crippen molar-refractivity contribution in [2.45, 2.75) is 13.8 Å². The highest BCUT2D eigenvalue weighted by Crippen LogP contribution is 2.17. The van der Waals surface area contributed by atoms with Crippen LogP contribution >= 0.6 is 0 Å². The van der Waals surface area contributed by atoms with Crippen molar-refractivity contribution in [2.75, 3.05) is 50.7 Å². The number of piperazine rings is 1. The molecule has 0 saturated carbocycles. The summed E-state index contributed by atoms with van der Waals surface area (Å²) in [6, 6.07) is 6.89. The Hall–Kier alpha value is -1.62. The summed E-state index contributed by atoms with van der Waals surface area (Å²) in [6.07, 6.45) is 0. The van der Waals surface area contributed by atoms with Crippen LogP contribution in [0.3, 0.4) is 0 Å². The molecule has 1 aliphatic rings. The molecule has 1 fully saturated rings. The first-order chi connectivity index (χ1) is 10.2. The van der Waals surface area contributed by atoms with Gasteiger partial charge < -0.3 is 14.7 Å². The second-order valence-corrected chi connectivity index (χ2v) is 5.43. The van der Waals surface area contributed by atoms with Crippen LogP contribution in [0.2, 0.25) is 0 Å². The van der Waals surface area contributed by atoms with Gasteiger partial charge in [0.15, 0.2) is 6.54 Å². The van der Waals surface area contributed by atoms with Crippen LogP contribution in [0.5, 0.6) is 0 Å². The van der Waals surface area contributed by atoms with Crippen LogP contribution in [0, 0.1) is 5.82 Å². The number of nitrogens with one attached hydrogen (secondary N) is 1. The first kappa shape index (κ1) is 15.8. The molecule has 0 atom stereocenters. The quantitative estimate of drug-likeness (QED) is 0.851. The number of anilines is 1. The molecule has 0 spiro atoms. The molecule has 5 heteroatoms. The average molecular weight is 294 g/mol. The second kappa shape index (κ2) is 7.41. The number of quaternary nitrogens is 1. The van der Waals surface area contributed by atoms with E-state index in [1.165, 1.54) is 11.0 Å². The van der Waals surface area contributed by atoms with Gasteiger partial charge in [-0.3, -0.25) is 4.79 Å². The van der Waals surface area contributed by atoms with Crippen molar-refractivity contribution in [3.63, 3.8) is 0 Å². The van der Waals surface area contributed by atoms with Gasteiger partial charge in [0, 0.05) is 13.1 Å². The van der Waals surface area contributed by atoms with Gasteiger partial charge in [0.25, 0.3) is 5.91 Å². The summed E-state index contributed by atoms with van der Waals surface area (Å²) in [4.78, 5) is 17.3. The lowest BCUT2D eigenvalue weighted by Crippen LogP contribution is -3.15. The van der Waals surface area contributed by atoms with Crippen LogP contribution in [-0.2, 0) is 4.79 Å². The Balaban J connectivity index is 1.86. The Labute approximate surface area is 126 Å². The highest BCUT2D eigenvalue weighted by molar-refractivity contribution is 5.77. The van der Waals surface area contributed by atoms with Crippen LogP contribution < -0.4 is 9.80 Å². The van der Waals surface area contributed by atoms with E-state index in [2.05, 4.69) is 4.90 Å². The van der Waals surface area contributed by atoms with Gasteiger partial charge in [-0.2, -0.15) is 0 Å². The number of likely N-dealkylation sites (N-methyl/N-ethyl adjacent to an activating group) is 1. The van der Waals surface area contributed by atoms with Gasteiger partial charge in [-0.1, -0.05) is 12.1 Å². The van der Waals surface area contributed by atoms with Crippen molar-refractivity contribution in [3.8, 4) is 0 Å². The summed E-state index contributed by atoms with van der Waals surface area (Å²) in [5.41, 5.74) is 0.673. The lowest BCUT2D eigenvalue weighted by atomic mass is 10.2. The van der Waals surface area contributed by atoms with Crippen LogP contribution in [-0.4, -0.2) is 56.6 Å². The maximum absolute atomic E-state index is 13.8. The fourth-order valence-electron chi connectivity index (χ4n) is 2.85. The van der Waals surface area contributed by atoms with Gasteiger partial charge >= 0.3 is 0 Å². The first-order valence-electron chi connectivity index (χ1n) is 7.76. The van der Waals surface area contributed by atoms with Crippen molar-refractivity contribution in [3.05, 3.63) is 30.1 Å². The zero-order chi connectivity index (χ0) is 15.2. The van der Waals surface area contributed by atoms with Crippen LogP contribution in [0.15, 0.2) is 24.3 Å². The highest BCUT2D eigenvalue weighted by Gasteiger charge is 2.24. The third-order valence-electron chi connectivity index (χ3n) is 4.18. The van der Waals surface area contributed by atoms with Crippen molar-refractivity contribution in [2.24, 2.45) is 0 Å². The lowest BCUT2D eigenvalue weighted by molar-refractivity contribution is -0.892. The van der Waals surface area contributed by atoms with E-state index in [0.717, 1.165) is 39.3 Å². The molecule has 0 unspecified atom stereocenters. The minimum atomic E-state index is -0.167. The number of benzene rings is 1. The van der Waals surface area contributed by atoms with E-state index in [-0.39, 0.29) is 11.7 Å². The number of halogens is 1. The number of nitrogens with zero attached hydrogens (tertiary/aromatic N) is 2. The molecule has 1 saturated heterocycles. The molecule has 0 aliphatic carbocycles. The summed E-state index contributed by atoms with van der Waals surface area (Å²) < 4.78 is 13.8. The molecule has 1 aromatic rings. The summed E-state index contributed by atoms with van der Waals surface area (Å²) in [7, 11) is 0. The zero-order valence-electron chi connectivity index (χ0n) is 12.9. The number of carbonyl (C=O) groups is 1. The molecular formula is C16H25FN3O+. The van der Waals surface area contributed by atoms with Crippen molar-refractivity contribution in [1.29, 1.82) is 0 Å². The highest BCUT2D eigenvalue weighted by atomic mass is 19.1. The topological polar surface area (TPSA) is 28.0 Å². The summed E-state index contributed by atoms with van der Waals surface area (Å²) >= 11 is 0. The Morgan fingerprint density at radius 2 is 1.86 bits per heavy atom. The van der Waals surface area contributed by atoms with Gasteiger partial charge in [-0.05, 0) is 26.0 Å². The summed E-state index contributed by atoms with van der Waals surface area (Å²) in [5, 5.41) is 0. The van der Waals surface area contributed by atoms with Crippen molar-refractivity contribution < 1.29 is 14.1 Å². The Morgan fingerprint density at radius 3 is 2.43 bits per heavy atom. The Morgan fingerprint density at radius 1 is 1.24 bits per heavy atom. The molecule has 0 radical (unpaired) electrons. The van der Waals surface area contributed by atoms with E-state index in [9.17, 15) is 9.18 Å². The average Bonchev–Trinajstić information content (AvgIpc) is 2.50. The fourth-order valence-corrected chi connectivity index (χ4v) is 2.85. The molecule has 116 valence electrons. The smallest absolute Gasteiger partial charge is 0.277 e. The van der Waals surface area contributed by atoms with E-state index in [1.54, 1.807) is 6.07 Å². The van der Waals surface area contributed by atoms with Crippen molar-refractivity contribution in [1.82, 2.24) is 4.90 Å². The number of rotatable bonds is 5. The van der Waals surface area contributed by atoms with E-state index in [4.69, 9.17) is 0 Å². The first-order valence-corrected chi connectivity index (χ1v) is 7.76. The largest absolute Gasteiger partial charge is 0.358 e. The molecule has 0 aromatic heterocycles. The van der Waals surface area contributed by atoms with Gasteiger partial charge in [0.05, 0.1) is 31.9 Å².